The molecule has 3 heterocycles. The van der Waals surface area contributed by atoms with Crippen molar-refractivity contribution in [2.75, 3.05) is 5.73 Å². The SMILES string of the molecule is C#CC(C)(Oc1ccc2nc(C)n(-c3ccnc(N)n3)c2c1)c1nccs1. The molecule has 2 N–H and O–H groups in total. The van der Waals surface area contributed by atoms with Gasteiger partial charge in [-0.05, 0) is 32.0 Å². The van der Waals surface area contributed by atoms with E-state index in [9.17, 15) is 0 Å². The van der Waals surface area contributed by atoms with Crippen LogP contribution in [0.5, 0.6) is 5.75 Å². The Morgan fingerprint density at radius 3 is 2.78 bits per heavy atom. The molecule has 0 bridgehead atoms. The summed E-state index contributed by atoms with van der Waals surface area (Å²) in [6, 6.07) is 7.39. The van der Waals surface area contributed by atoms with E-state index >= 15 is 0 Å². The molecule has 4 rings (SSSR count). The van der Waals surface area contributed by atoms with Gasteiger partial charge in [0.15, 0.2) is 0 Å². The molecule has 1 atom stereocenters. The quantitative estimate of drug-likeness (QED) is 0.550. The molecule has 0 fully saturated rings. The number of aryl methyl sites for hydroxylation is 1. The standard InChI is InChI=1S/C19H16N6OS/c1-4-19(3,17-21-9-10-27-17)26-13-5-6-14-15(11-13)25(12(2)23-14)16-7-8-22-18(20)24-16/h1,5-11H,2-3H3,(H2,20,22,24). The second-order valence-corrected chi connectivity index (χ2v) is 6.93. The number of hydrogen-bond donors (Lipinski definition) is 1. The number of anilines is 1. The first kappa shape index (κ1) is 17.0. The minimum atomic E-state index is -0.957. The van der Waals surface area contributed by atoms with Crippen LogP contribution in [0.3, 0.4) is 0 Å². The Morgan fingerprint density at radius 2 is 2.07 bits per heavy atom. The number of rotatable bonds is 4. The van der Waals surface area contributed by atoms with Crippen molar-refractivity contribution < 1.29 is 4.74 Å². The maximum atomic E-state index is 6.14. The van der Waals surface area contributed by atoms with Crippen molar-refractivity contribution in [3.8, 4) is 23.9 Å². The Hall–Kier alpha value is -3.44. The number of nitrogen functional groups attached to an aromatic ring is 1. The maximum absolute atomic E-state index is 6.14. The molecule has 0 radical (unpaired) electrons. The van der Waals surface area contributed by atoms with Crippen LogP contribution in [0.1, 0.15) is 17.8 Å². The third kappa shape index (κ3) is 2.98. The number of terminal acetylenes is 1. The van der Waals surface area contributed by atoms with Crippen LogP contribution in [-0.4, -0.2) is 24.5 Å². The van der Waals surface area contributed by atoms with E-state index in [-0.39, 0.29) is 5.95 Å². The largest absolute Gasteiger partial charge is 0.468 e. The van der Waals surface area contributed by atoms with Gasteiger partial charge in [0.05, 0.1) is 11.0 Å². The summed E-state index contributed by atoms with van der Waals surface area (Å²) in [6.45, 7) is 3.73. The van der Waals surface area contributed by atoms with Gasteiger partial charge in [0.25, 0.3) is 0 Å². The van der Waals surface area contributed by atoms with Crippen molar-refractivity contribution in [2.24, 2.45) is 0 Å². The lowest BCUT2D eigenvalue weighted by Crippen LogP contribution is -2.27. The zero-order chi connectivity index (χ0) is 19.0. The van der Waals surface area contributed by atoms with E-state index in [0.717, 1.165) is 21.9 Å². The van der Waals surface area contributed by atoms with Crippen molar-refractivity contribution in [1.82, 2.24) is 24.5 Å². The summed E-state index contributed by atoms with van der Waals surface area (Å²) < 4.78 is 8.04. The van der Waals surface area contributed by atoms with Gasteiger partial charge in [-0.1, -0.05) is 5.92 Å². The lowest BCUT2D eigenvalue weighted by atomic mass is 10.1. The van der Waals surface area contributed by atoms with Crippen LogP contribution in [0.15, 0.2) is 42.0 Å². The molecule has 1 unspecified atom stereocenters. The van der Waals surface area contributed by atoms with Gasteiger partial charge in [-0.15, -0.1) is 17.8 Å². The van der Waals surface area contributed by atoms with Crippen molar-refractivity contribution >= 4 is 28.3 Å². The molecule has 27 heavy (non-hydrogen) atoms. The first-order chi connectivity index (χ1) is 13.0. The summed E-state index contributed by atoms with van der Waals surface area (Å²) in [7, 11) is 0. The highest BCUT2D eigenvalue weighted by Gasteiger charge is 2.29. The van der Waals surface area contributed by atoms with Crippen LogP contribution in [0.25, 0.3) is 16.9 Å². The van der Waals surface area contributed by atoms with Crippen molar-refractivity contribution in [1.29, 1.82) is 0 Å². The molecule has 0 amide bonds. The molecule has 3 aromatic heterocycles. The van der Waals surface area contributed by atoms with Gasteiger partial charge in [0.1, 0.15) is 22.4 Å². The van der Waals surface area contributed by atoms with E-state index in [1.54, 1.807) is 18.5 Å². The predicted molar refractivity (Wildman–Crippen MR) is 105 cm³/mol. The van der Waals surface area contributed by atoms with Crippen molar-refractivity contribution in [3.05, 3.63) is 52.9 Å². The monoisotopic (exact) mass is 376 g/mol. The number of ether oxygens (including phenoxy) is 1. The molecule has 134 valence electrons. The molecule has 4 aromatic rings. The summed E-state index contributed by atoms with van der Waals surface area (Å²) in [5.74, 6) is 4.93. The highest BCUT2D eigenvalue weighted by atomic mass is 32.1. The lowest BCUT2D eigenvalue weighted by molar-refractivity contribution is 0.152. The van der Waals surface area contributed by atoms with Gasteiger partial charge < -0.3 is 10.5 Å². The van der Waals surface area contributed by atoms with Gasteiger partial charge in [-0.25, -0.2) is 15.0 Å². The van der Waals surface area contributed by atoms with E-state index in [2.05, 4.69) is 25.9 Å². The fourth-order valence-corrected chi connectivity index (χ4v) is 3.54. The number of nitrogens with two attached hydrogens (primary N) is 1. The Kier molecular flexibility index (Phi) is 4.01. The van der Waals surface area contributed by atoms with E-state index in [1.807, 2.05) is 42.0 Å². The first-order valence-corrected chi connectivity index (χ1v) is 9.03. The summed E-state index contributed by atoms with van der Waals surface area (Å²) in [5, 5.41) is 2.59. The van der Waals surface area contributed by atoms with Gasteiger partial charge >= 0.3 is 0 Å². The third-order valence-electron chi connectivity index (χ3n) is 4.12. The third-order valence-corrected chi connectivity index (χ3v) is 5.10. The molecule has 0 aliphatic carbocycles. The van der Waals surface area contributed by atoms with E-state index < -0.39 is 5.60 Å². The average Bonchev–Trinajstić information content (AvgIpc) is 3.29. The van der Waals surface area contributed by atoms with Crippen LogP contribution in [0.4, 0.5) is 5.95 Å². The van der Waals surface area contributed by atoms with E-state index in [1.165, 1.54) is 11.3 Å². The Balaban J connectivity index is 1.81. The summed E-state index contributed by atoms with van der Waals surface area (Å²) in [6.07, 6.45) is 9.06. The van der Waals surface area contributed by atoms with Crippen LogP contribution >= 0.6 is 11.3 Å². The number of imidazole rings is 1. The fourth-order valence-electron chi connectivity index (χ4n) is 2.85. The average molecular weight is 376 g/mol. The van der Waals surface area contributed by atoms with Gasteiger partial charge in [-0.3, -0.25) is 4.57 Å². The fraction of sp³-hybridized carbons (Fsp3) is 0.158. The second-order valence-electron chi connectivity index (χ2n) is 6.03. The summed E-state index contributed by atoms with van der Waals surface area (Å²) >= 11 is 1.46. The molecule has 7 nitrogen and oxygen atoms in total. The Morgan fingerprint density at radius 1 is 1.22 bits per heavy atom. The molecule has 0 aliphatic rings. The second kappa shape index (κ2) is 6.37. The molecule has 0 aliphatic heterocycles. The van der Waals surface area contributed by atoms with Crippen LogP contribution in [0.2, 0.25) is 0 Å². The predicted octanol–water partition coefficient (Wildman–Crippen LogP) is 3.09. The molecular formula is C19H16N6OS. The van der Waals surface area contributed by atoms with Crippen molar-refractivity contribution in [3.63, 3.8) is 0 Å². The Bertz CT molecular complexity index is 1160. The van der Waals surface area contributed by atoms with Crippen LogP contribution < -0.4 is 10.5 Å². The van der Waals surface area contributed by atoms with Crippen molar-refractivity contribution in [2.45, 2.75) is 19.4 Å². The topological polar surface area (TPSA) is 91.7 Å². The molecule has 1 aromatic carbocycles. The number of thiazole rings is 1. The molecule has 0 spiro atoms. The van der Waals surface area contributed by atoms with E-state index in [0.29, 0.717) is 11.6 Å². The number of aromatic nitrogens is 5. The summed E-state index contributed by atoms with van der Waals surface area (Å²) in [4.78, 5) is 17.1. The zero-order valence-electron chi connectivity index (χ0n) is 14.7. The number of fused-ring (bicyclic) bond motifs is 1. The minimum Gasteiger partial charge on any atom is -0.468 e. The maximum Gasteiger partial charge on any atom is 0.221 e. The van der Waals surface area contributed by atoms with Crippen LogP contribution in [-0.2, 0) is 5.60 Å². The smallest absolute Gasteiger partial charge is 0.221 e. The number of hydrogen-bond acceptors (Lipinski definition) is 7. The number of nitrogens with zero attached hydrogens (tertiary/aromatic N) is 5. The summed E-state index contributed by atoms with van der Waals surface area (Å²) in [5.41, 5.74) is 6.43. The molecular weight excluding hydrogens is 360 g/mol. The van der Waals surface area contributed by atoms with Gasteiger partial charge in [-0.2, -0.15) is 4.98 Å². The normalized spacial score (nSPS) is 13.2. The number of benzene rings is 1. The minimum absolute atomic E-state index is 0.199. The van der Waals surface area contributed by atoms with Gasteiger partial charge in [0.2, 0.25) is 11.5 Å². The Labute approximate surface area is 159 Å². The van der Waals surface area contributed by atoms with Gasteiger partial charge in [0, 0.05) is 23.8 Å². The molecule has 0 saturated heterocycles. The highest BCUT2D eigenvalue weighted by molar-refractivity contribution is 7.09. The van der Waals surface area contributed by atoms with Crippen LogP contribution in [0, 0.1) is 19.3 Å². The van der Waals surface area contributed by atoms with E-state index in [4.69, 9.17) is 16.9 Å². The first-order valence-electron chi connectivity index (χ1n) is 8.15. The lowest BCUT2D eigenvalue weighted by Gasteiger charge is -2.23. The molecule has 8 heteroatoms. The molecule has 0 saturated carbocycles. The zero-order valence-corrected chi connectivity index (χ0v) is 15.6. The highest BCUT2D eigenvalue weighted by Crippen LogP contribution is 2.31.